The van der Waals surface area contributed by atoms with E-state index in [1.165, 1.54) is 5.41 Å². The fourth-order valence-electron chi connectivity index (χ4n) is 2.61. The van der Waals surface area contributed by atoms with Crippen LogP contribution in [0.15, 0.2) is 46.5 Å². The van der Waals surface area contributed by atoms with E-state index in [2.05, 4.69) is 30.2 Å². The Morgan fingerprint density at radius 1 is 1.35 bits per heavy atom. The maximum atomic E-state index is 12.1. The van der Waals surface area contributed by atoms with E-state index in [1.807, 2.05) is 30.5 Å². The third-order valence-corrected chi connectivity index (χ3v) is 5.53. The number of aromatic nitrogens is 2. The maximum Gasteiger partial charge on any atom is 0.233 e. The molecular weight excluding hydrogens is 378 g/mol. The molecule has 1 aliphatic rings. The van der Waals surface area contributed by atoms with Crippen LogP contribution in [-0.4, -0.2) is 24.5 Å². The molecule has 1 N–H and O–H groups in total. The molecule has 0 saturated heterocycles. The molecule has 0 aliphatic carbocycles. The van der Waals surface area contributed by atoms with Gasteiger partial charge in [0.2, 0.25) is 10.0 Å². The first-order chi connectivity index (χ1) is 11.0. The number of hydrogen-bond acceptors (Lipinski definition) is 3. The van der Waals surface area contributed by atoms with Gasteiger partial charge in [-0.25, -0.2) is 18.1 Å². The van der Waals surface area contributed by atoms with Gasteiger partial charge in [-0.2, -0.15) is 0 Å². The van der Waals surface area contributed by atoms with Crippen molar-refractivity contribution in [1.29, 1.82) is 0 Å². The summed E-state index contributed by atoms with van der Waals surface area (Å²) in [5.74, 6) is 1.33. The molecule has 1 unspecified atom stereocenters. The van der Waals surface area contributed by atoms with Crippen molar-refractivity contribution >= 4 is 32.0 Å². The second kappa shape index (κ2) is 6.98. The molecule has 1 aromatic heterocycles. The van der Waals surface area contributed by atoms with Crippen LogP contribution in [-0.2, 0) is 23.0 Å². The van der Waals surface area contributed by atoms with Crippen molar-refractivity contribution in [3.8, 4) is 0 Å². The van der Waals surface area contributed by atoms with Gasteiger partial charge in [-0.05, 0) is 36.1 Å². The van der Waals surface area contributed by atoms with E-state index in [4.69, 9.17) is 0 Å². The molecule has 3 rings (SSSR count). The van der Waals surface area contributed by atoms with E-state index < -0.39 is 10.0 Å². The van der Waals surface area contributed by atoms with Crippen LogP contribution in [0.3, 0.4) is 0 Å². The summed E-state index contributed by atoms with van der Waals surface area (Å²) in [4.78, 5) is 4.30. The van der Waals surface area contributed by atoms with Crippen molar-refractivity contribution in [1.82, 2.24) is 14.3 Å². The molecule has 0 saturated carbocycles. The first-order valence-corrected chi connectivity index (χ1v) is 9.79. The van der Waals surface area contributed by atoms with Crippen LogP contribution in [0.5, 0.6) is 0 Å². The molecule has 5 nitrogen and oxygen atoms in total. The van der Waals surface area contributed by atoms with Crippen LogP contribution < -0.4 is 4.72 Å². The third-order valence-electron chi connectivity index (χ3n) is 3.93. The zero-order valence-corrected chi connectivity index (χ0v) is 14.9. The van der Waals surface area contributed by atoms with Crippen LogP contribution in [0.25, 0.3) is 6.08 Å². The summed E-state index contributed by atoms with van der Waals surface area (Å²) in [6, 6.07) is 7.47. The second-order valence-corrected chi connectivity index (χ2v) is 8.21. The predicted molar refractivity (Wildman–Crippen MR) is 94.1 cm³/mol. The highest BCUT2D eigenvalue weighted by atomic mass is 79.9. The van der Waals surface area contributed by atoms with Crippen LogP contribution in [0.2, 0.25) is 0 Å². The maximum absolute atomic E-state index is 12.1. The van der Waals surface area contributed by atoms with Gasteiger partial charge in [-0.3, -0.25) is 0 Å². The molecule has 0 bridgehead atoms. The van der Waals surface area contributed by atoms with E-state index in [0.717, 1.165) is 35.2 Å². The number of sulfonamides is 1. The molecule has 2 aromatic rings. The number of nitrogens with zero attached hydrogens (tertiary/aromatic N) is 2. The van der Waals surface area contributed by atoms with Gasteiger partial charge in [0.1, 0.15) is 5.82 Å². The number of aryl methyl sites for hydroxylation is 1. The van der Waals surface area contributed by atoms with E-state index in [9.17, 15) is 8.42 Å². The van der Waals surface area contributed by atoms with Crippen molar-refractivity contribution < 1.29 is 8.42 Å². The lowest BCUT2D eigenvalue weighted by Crippen LogP contribution is -2.32. The standard InChI is InChI=1S/C16H18BrN3O2S/c17-15-3-1-13(2-4-15)6-10-23(21,22)19-12-14-5-8-20-9-7-18-16(20)11-14/h1-4,6-7,9-10,14,19H,5,8,11-12H2/b10-6+. The average molecular weight is 396 g/mol. The first kappa shape index (κ1) is 16.4. The fraction of sp³-hybridized carbons (Fsp3) is 0.312. The molecule has 0 spiro atoms. The van der Waals surface area contributed by atoms with Gasteiger partial charge in [0.15, 0.2) is 0 Å². The number of hydrogen-bond donors (Lipinski definition) is 1. The summed E-state index contributed by atoms with van der Waals surface area (Å²) in [6.07, 6.45) is 7.14. The SMILES string of the molecule is O=S(=O)(/C=C/c1ccc(Br)cc1)NCC1CCn2ccnc2C1. The molecule has 2 heterocycles. The number of nitrogens with one attached hydrogen (secondary N) is 1. The first-order valence-electron chi connectivity index (χ1n) is 7.45. The predicted octanol–water partition coefficient (Wildman–Crippen LogP) is 2.80. The minimum absolute atomic E-state index is 0.292. The van der Waals surface area contributed by atoms with Gasteiger partial charge in [0, 0.05) is 41.8 Å². The lowest BCUT2D eigenvalue weighted by atomic mass is 9.98. The molecule has 23 heavy (non-hydrogen) atoms. The van der Waals surface area contributed by atoms with E-state index in [1.54, 1.807) is 12.3 Å². The Bertz CT molecular complexity index is 797. The van der Waals surface area contributed by atoms with Crippen LogP contribution in [0, 0.1) is 5.92 Å². The van der Waals surface area contributed by atoms with Crippen LogP contribution >= 0.6 is 15.9 Å². The highest BCUT2D eigenvalue weighted by Crippen LogP contribution is 2.18. The lowest BCUT2D eigenvalue weighted by Gasteiger charge is -2.23. The Kier molecular flexibility index (Phi) is 4.99. The van der Waals surface area contributed by atoms with Crippen molar-refractivity contribution in [2.24, 2.45) is 5.92 Å². The summed E-state index contributed by atoms with van der Waals surface area (Å²) < 4.78 is 29.9. The van der Waals surface area contributed by atoms with Crippen molar-refractivity contribution in [2.75, 3.05) is 6.54 Å². The fourth-order valence-corrected chi connectivity index (χ4v) is 3.78. The van der Waals surface area contributed by atoms with E-state index in [0.29, 0.717) is 12.5 Å². The molecule has 0 radical (unpaired) electrons. The Morgan fingerprint density at radius 2 is 2.13 bits per heavy atom. The summed E-state index contributed by atoms with van der Waals surface area (Å²) in [7, 11) is -3.42. The smallest absolute Gasteiger partial charge is 0.233 e. The number of fused-ring (bicyclic) bond motifs is 1. The molecule has 1 aliphatic heterocycles. The summed E-state index contributed by atoms with van der Waals surface area (Å²) in [6.45, 7) is 1.34. The zero-order valence-electron chi connectivity index (χ0n) is 12.5. The van der Waals surface area contributed by atoms with Gasteiger partial charge >= 0.3 is 0 Å². The second-order valence-electron chi connectivity index (χ2n) is 5.64. The monoisotopic (exact) mass is 395 g/mol. The lowest BCUT2D eigenvalue weighted by molar-refractivity contribution is 0.380. The minimum Gasteiger partial charge on any atom is -0.335 e. The molecule has 0 amide bonds. The topological polar surface area (TPSA) is 64.0 Å². The summed E-state index contributed by atoms with van der Waals surface area (Å²) >= 11 is 3.35. The van der Waals surface area contributed by atoms with E-state index >= 15 is 0 Å². The summed E-state index contributed by atoms with van der Waals surface area (Å²) in [5, 5.41) is 1.22. The Labute approximate surface area is 144 Å². The Morgan fingerprint density at radius 3 is 2.91 bits per heavy atom. The Hall–Kier alpha value is -1.44. The number of rotatable bonds is 5. The van der Waals surface area contributed by atoms with Crippen molar-refractivity contribution in [2.45, 2.75) is 19.4 Å². The third kappa shape index (κ3) is 4.53. The Balaban J connectivity index is 1.56. The van der Waals surface area contributed by atoms with Gasteiger partial charge in [0.25, 0.3) is 0 Å². The largest absolute Gasteiger partial charge is 0.335 e. The average Bonchev–Trinajstić information content (AvgIpc) is 3.00. The highest BCUT2D eigenvalue weighted by Gasteiger charge is 2.20. The van der Waals surface area contributed by atoms with Crippen LogP contribution in [0.4, 0.5) is 0 Å². The summed E-state index contributed by atoms with van der Waals surface area (Å²) in [5.41, 5.74) is 0.846. The molecule has 0 fully saturated rings. The normalized spacial score (nSPS) is 18.2. The molecular formula is C16H18BrN3O2S. The molecule has 1 atom stereocenters. The van der Waals surface area contributed by atoms with E-state index in [-0.39, 0.29) is 0 Å². The highest BCUT2D eigenvalue weighted by molar-refractivity contribution is 9.10. The number of imidazole rings is 1. The number of halogens is 1. The van der Waals surface area contributed by atoms with Crippen molar-refractivity contribution in [3.63, 3.8) is 0 Å². The van der Waals surface area contributed by atoms with Crippen molar-refractivity contribution in [3.05, 3.63) is 57.9 Å². The zero-order chi connectivity index (χ0) is 16.3. The van der Waals surface area contributed by atoms with Gasteiger partial charge in [-0.15, -0.1) is 0 Å². The quantitative estimate of drug-likeness (QED) is 0.846. The van der Waals surface area contributed by atoms with Gasteiger partial charge < -0.3 is 4.57 Å². The molecule has 7 heteroatoms. The molecule has 122 valence electrons. The van der Waals surface area contributed by atoms with Gasteiger partial charge in [-0.1, -0.05) is 28.1 Å². The molecule has 1 aromatic carbocycles. The van der Waals surface area contributed by atoms with Crippen LogP contribution in [0.1, 0.15) is 17.8 Å². The number of benzene rings is 1. The minimum atomic E-state index is -3.42. The van der Waals surface area contributed by atoms with Gasteiger partial charge in [0.05, 0.1) is 0 Å².